The summed E-state index contributed by atoms with van der Waals surface area (Å²) in [5, 5.41) is 8.91. The lowest BCUT2D eigenvalue weighted by Crippen LogP contribution is -2.36. The molecule has 4 nitrogen and oxygen atoms in total. The highest BCUT2D eigenvalue weighted by molar-refractivity contribution is 5.85. The Morgan fingerprint density at radius 2 is 2.11 bits per heavy atom. The molecule has 0 aliphatic carbocycles. The van der Waals surface area contributed by atoms with Crippen molar-refractivity contribution in [1.29, 1.82) is 0 Å². The third kappa shape index (κ3) is 3.29. The fourth-order valence-corrected chi connectivity index (χ4v) is 2.26. The lowest BCUT2D eigenvalue weighted by molar-refractivity contribution is 0.0690. The van der Waals surface area contributed by atoms with Crippen molar-refractivity contribution in [2.75, 3.05) is 13.1 Å². The van der Waals surface area contributed by atoms with E-state index in [1.807, 2.05) is 6.07 Å². The van der Waals surface area contributed by atoms with Crippen molar-refractivity contribution >= 4 is 5.97 Å². The third-order valence-electron chi connectivity index (χ3n) is 3.66. The Bertz CT molecular complexity index is 433. The maximum Gasteiger partial charge on any atom is 0.354 e. The summed E-state index contributed by atoms with van der Waals surface area (Å²) >= 11 is 0. The number of pyridine rings is 1. The largest absolute Gasteiger partial charge is 0.477 e. The molecule has 4 heteroatoms. The van der Waals surface area contributed by atoms with Crippen LogP contribution in [0, 0.1) is 5.41 Å². The molecule has 1 aliphatic heterocycles. The number of likely N-dealkylation sites (tertiary alicyclic amines) is 1. The van der Waals surface area contributed by atoms with E-state index in [1.54, 1.807) is 12.3 Å². The van der Waals surface area contributed by atoms with E-state index in [-0.39, 0.29) is 5.69 Å². The molecular weight excluding hydrogens is 228 g/mol. The Morgan fingerprint density at radius 1 is 1.44 bits per heavy atom. The van der Waals surface area contributed by atoms with E-state index in [0.717, 1.165) is 25.2 Å². The monoisotopic (exact) mass is 248 g/mol. The van der Waals surface area contributed by atoms with Gasteiger partial charge in [0.1, 0.15) is 5.69 Å². The Balaban J connectivity index is 1.98. The highest BCUT2D eigenvalue weighted by Gasteiger charge is 2.25. The summed E-state index contributed by atoms with van der Waals surface area (Å²) in [6.45, 7) is 7.59. The minimum Gasteiger partial charge on any atom is -0.477 e. The number of nitrogens with zero attached hydrogens (tertiary/aromatic N) is 2. The molecule has 1 aromatic rings. The fraction of sp³-hybridized carbons (Fsp3) is 0.571. The van der Waals surface area contributed by atoms with E-state index >= 15 is 0 Å². The zero-order chi connectivity index (χ0) is 13.2. The number of aromatic carboxylic acids is 1. The summed E-state index contributed by atoms with van der Waals surface area (Å²) in [5.41, 5.74) is 1.60. The molecule has 18 heavy (non-hydrogen) atoms. The average molecular weight is 248 g/mol. The molecule has 0 aromatic carbocycles. The molecule has 2 heterocycles. The molecule has 0 unspecified atom stereocenters. The number of hydrogen-bond acceptors (Lipinski definition) is 3. The van der Waals surface area contributed by atoms with Gasteiger partial charge in [0, 0.05) is 12.7 Å². The van der Waals surface area contributed by atoms with Crippen LogP contribution in [-0.4, -0.2) is 34.0 Å². The number of hydrogen-bond donors (Lipinski definition) is 1. The molecule has 0 saturated carbocycles. The molecular formula is C14H20N2O2. The van der Waals surface area contributed by atoms with Crippen LogP contribution in [0.25, 0.3) is 0 Å². The minimum absolute atomic E-state index is 0.129. The standard InChI is InChI=1S/C14H20N2O2/c1-14(2)4-7-16(8-5-14)10-11-3-6-15-12(9-11)13(17)18/h3,6,9H,4-5,7-8,10H2,1-2H3,(H,17,18). The summed E-state index contributed by atoms with van der Waals surface area (Å²) in [4.78, 5) is 17.1. The van der Waals surface area contributed by atoms with Gasteiger partial charge in [0.2, 0.25) is 0 Å². The highest BCUT2D eigenvalue weighted by Crippen LogP contribution is 2.30. The molecule has 1 fully saturated rings. The van der Waals surface area contributed by atoms with Crippen molar-refractivity contribution in [3.63, 3.8) is 0 Å². The zero-order valence-corrected chi connectivity index (χ0v) is 11.0. The summed E-state index contributed by atoms with van der Waals surface area (Å²) in [7, 11) is 0. The Labute approximate surface area is 108 Å². The predicted molar refractivity (Wildman–Crippen MR) is 69.5 cm³/mol. The van der Waals surface area contributed by atoms with Gasteiger partial charge in [-0.2, -0.15) is 0 Å². The highest BCUT2D eigenvalue weighted by atomic mass is 16.4. The first-order valence-corrected chi connectivity index (χ1v) is 6.37. The fourth-order valence-electron chi connectivity index (χ4n) is 2.26. The third-order valence-corrected chi connectivity index (χ3v) is 3.66. The van der Waals surface area contributed by atoms with Crippen molar-refractivity contribution in [2.45, 2.75) is 33.2 Å². The van der Waals surface area contributed by atoms with Crippen LogP contribution < -0.4 is 0 Å². The first-order chi connectivity index (χ1) is 8.46. The predicted octanol–water partition coefficient (Wildman–Crippen LogP) is 2.40. The van der Waals surface area contributed by atoms with Crippen LogP contribution in [0.1, 0.15) is 42.7 Å². The summed E-state index contributed by atoms with van der Waals surface area (Å²) in [5.74, 6) is -0.961. The van der Waals surface area contributed by atoms with Gasteiger partial charge in [0.25, 0.3) is 0 Å². The number of aromatic nitrogens is 1. The van der Waals surface area contributed by atoms with Gasteiger partial charge < -0.3 is 5.11 Å². The number of piperidine rings is 1. The maximum absolute atomic E-state index is 10.9. The summed E-state index contributed by atoms with van der Waals surface area (Å²) in [6.07, 6.45) is 3.97. The van der Waals surface area contributed by atoms with Gasteiger partial charge in [-0.25, -0.2) is 9.78 Å². The van der Waals surface area contributed by atoms with Gasteiger partial charge in [-0.05, 0) is 49.0 Å². The SMILES string of the molecule is CC1(C)CCN(Cc2ccnc(C(=O)O)c2)CC1. The van der Waals surface area contributed by atoms with E-state index in [2.05, 4.69) is 23.7 Å². The van der Waals surface area contributed by atoms with Crippen LogP contribution in [0.3, 0.4) is 0 Å². The first-order valence-electron chi connectivity index (χ1n) is 6.37. The van der Waals surface area contributed by atoms with Crippen molar-refractivity contribution in [2.24, 2.45) is 5.41 Å². The van der Waals surface area contributed by atoms with Crippen molar-refractivity contribution < 1.29 is 9.90 Å². The lowest BCUT2D eigenvalue weighted by atomic mass is 9.82. The quantitative estimate of drug-likeness (QED) is 0.892. The first kappa shape index (κ1) is 13.0. The van der Waals surface area contributed by atoms with Crippen LogP contribution in [-0.2, 0) is 6.54 Å². The Kier molecular flexibility index (Phi) is 3.66. The van der Waals surface area contributed by atoms with Crippen LogP contribution >= 0.6 is 0 Å². The van der Waals surface area contributed by atoms with Gasteiger partial charge in [-0.3, -0.25) is 4.90 Å². The Morgan fingerprint density at radius 3 is 2.72 bits per heavy atom. The van der Waals surface area contributed by atoms with Crippen LogP contribution in [0.5, 0.6) is 0 Å². The van der Waals surface area contributed by atoms with Gasteiger partial charge in [0.15, 0.2) is 0 Å². The molecule has 0 amide bonds. The molecule has 0 spiro atoms. The molecule has 0 bridgehead atoms. The number of carboxylic acid groups (broad SMARTS) is 1. The molecule has 1 saturated heterocycles. The summed E-state index contributed by atoms with van der Waals surface area (Å²) in [6, 6.07) is 3.56. The topological polar surface area (TPSA) is 53.4 Å². The second kappa shape index (κ2) is 5.06. The van der Waals surface area contributed by atoms with Gasteiger partial charge in [-0.15, -0.1) is 0 Å². The Hall–Kier alpha value is -1.42. The number of rotatable bonds is 3. The smallest absolute Gasteiger partial charge is 0.354 e. The van der Waals surface area contributed by atoms with Crippen LogP contribution in [0.2, 0.25) is 0 Å². The average Bonchev–Trinajstić information content (AvgIpc) is 2.32. The molecule has 1 aromatic heterocycles. The molecule has 2 rings (SSSR count). The molecule has 98 valence electrons. The second-order valence-electron chi connectivity index (χ2n) is 5.79. The van der Waals surface area contributed by atoms with Crippen molar-refractivity contribution in [3.05, 3.63) is 29.6 Å². The van der Waals surface area contributed by atoms with E-state index in [4.69, 9.17) is 5.11 Å². The zero-order valence-electron chi connectivity index (χ0n) is 11.0. The second-order valence-corrected chi connectivity index (χ2v) is 5.79. The van der Waals surface area contributed by atoms with E-state index < -0.39 is 5.97 Å². The van der Waals surface area contributed by atoms with Crippen molar-refractivity contribution in [1.82, 2.24) is 9.88 Å². The van der Waals surface area contributed by atoms with Crippen LogP contribution in [0.4, 0.5) is 0 Å². The van der Waals surface area contributed by atoms with Gasteiger partial charge in [-0.1, -0.05) is 13.8 Å². The maximum atomic E-state index is 10.9. The van der Waals surface area contributed by atoms with E-state index in [1.165, 1.54) is 12.8 Å². The lowest BCUT2D eigenvalue weighted by Gasteiger charge is -2.36. The van der Waals surface area contributed by atoms with E-state index in [9.17, 15) is 4.79 Å². The minimum atomic E-state index is -0.961. The normalized spacial score (nSPS) is 19.7. The summed E-state index contributed by atoms with van der Waals surface area (Å²) < 4.78 is 0. The number of carbonyl (C=O) groups is 1. The van der Waals surface area contributed by atoms with Gasteiger partial charge >= 0.3 is 5.97 Å². The molecule has 0 atom stereocenters. The van der Waals surface area contributed by atoms with Gasteiger partial charge in [0.05, 0.1) is 0 Å². The van der Waals surface area contributed by atoms with Crippen LogP contribution in [0.15, 0.2) is 18.3 Å². The van der Waals surface area contributed by atoms with E-state index in [0.29, 0.717) is 5.41 Å². The molecule has 1 N–H and O–H groups in total. The van der Waals surface area contributed by atoms with Crippen molar-refractivity contribution in [3.8, 4) is 0 Å². The molecule has 1 aliphatic rings. The molecule has 0 radical (unpaired) electrons. The number of carboxylic acids is 1.